The molecule has 0 bridgehead atoms. The Labute approximate surface area is 190 Å². The fourth-order valence-electron chi connectivity index (χ4n) is 4.34. The first-order valence-electron chi connectivity index (χ1n) is 11.2. The number of carbonyl (C=O) groups is 1. The summed E-state index contributed by atoms with van der Waals surface area (Å²) in [5, 5.41) is 0. The van der Waals surface area contributed by atoms with E-state index in [2.05, 4.69) is 21.8 Å². The molecule has 1 amide bonds. The molecule has 0 aromatic heterocycles. The molecule has 2 aromatic rings. The van der Waals surface area contributed by atoms with Crippen molar-refractivity contribution in [2.75, 3.05) is 33.3 Å². The van der Waals surface area contributed by atoms with Crippen LogP contribution in [0.1, 0.15) is 47.2 Å². The fraction of sp³-hybridized carbons (Fsp3) is 0.458. The Kier molecular flexibility index (Phi) is 7.13. The Balaban J connectivity index is 1.43. The maximum absolute atomic E-state index is 12.9. The number of likely N-dealkylation sites (tertiary alicyclic amines) is 2. The summed E-state index contributed by atoms with van der Waals surface area (Å²) in [6.07, 6.45) is 4.45. The molecule has 2 fully saturated rings. The van der Waals surface area contributed by atoms with Gasteiger partial charge in [-0.05, 0) is 68.1 Å². The van der Waals surface area contributed by atoms with Crippen LogP contribution in [0.25, 0.3) is 0 Å². The summed E-state index contributed by atoms with van der Waals surface area (Å²) < 4.78 is 33.8. The molecular formula is C24H31N3O4S. The van der Waals surface area contributed by atoms with Crippen molar-refractivity contribution in [3.8, 4) is 5.75 Å². The lowest BCUT2D eigenvalue weighted by Crippen LogP contribution is -2.29. The summed E-state index contributed by atoms with van der Waals surface area (Å²) >= 11 is 0. The van der Waals surface area contributed by atoms with Crippen LogP contribution in [-0.2, 0) is 23.1 Å². The monoisotopic (exact) mass is 457 g/mol. The van der Waals surface area contributed by atoms with Crippen molar-refractivity contribution in [3.05, 3.63) is 59.2 Å². The van der Waals surface area contributed by atoms with Crippen molar-refractivity contribution in [2.45, 2.75) is 43.7 Å². The molecule has 0 unspecified atom stereocenters. The third-order valence-electron chi connectivity index (χ3n) is 6.20. The highest BCUT2D eigenvalue weighted by molar-refractivity contribution is 7.89. The van der Waals surface area contributed by atoms with Gasteiger partial charge in [0.05, 0.1) is 17.6 Å². The Morgan fingerprint density at radius 2 is 1.56 bits per heavy atom. The van der Waals surface area contributed by atoms with Crippen LogP contribution in [0.2, 0.25) is 0 Å². The van der Waals surface area contributed by atoms with Gasteiger partial charge in [0.25, 0.3) is 5.91 Å². The lowest BCUT2D eigenvalue weighted by Gasteiger charge is -2.18. The van der Waals surface area contributed by atoms with Crippen LogP contribution in [0.4, 0.5) is 0 Å². The molecular weight excluding hydrogens is 426 g/mol. The van der Waals surface area contributed by atoms with Gasteiger partial charge in [-0.3, -0.25) is 9.69 Å². The summed E-state index contributed by atoms with van der Waals surface area (Å²) in [6, 6.07) is 12.5. The summed E-state index contributed by atoms with van der Waals surface area (Å²) in [6.45, 7) is 4.78. The number of benzene rings is 2. The van der Waals surface area contributed by atoms with E-state index in [1.165, 1.54) is 37.6 Å². The highest BCUT2D eigenvalue weighted by atomic mass is 32.2. The molecule has 2 heterocycles. The maximum atomic E-state index is 12.9. The van der Waals surface area contributed by atoms with Gasteiger partial charge < -0.3 is 9.64 Å². The van der Waals surface area contributed by atoms with E-state index in [0.717, 1.165) is 38.0 Å². The fourth-order valence-corrected chi connectivity index (χ4v) is 5.38. The van der Waals surface area contributed by atoms with E-state index in [4.69, 9.17) is 4.74 Å². The van der Waals surface area contributed by atoms with E-state index in [0.29, 0.717) is 18.8 Å². The zero-order valence-electron chi connectivity index (χ0n) is 18.5. The van der Waals surface area contributed by atoms with E-state index in [1.807, 2.05) is 12.1 Å². The lowest BCUT2D eigenvalue weighted by atomic mass is 10.1. The van der Waals surface area contributed by atoms with Gasteiger partial charge >= 0.3 is 0 Å². The minimum absolute atomic E-state index is 0.0616. The highest BCUT2D eigenvalue weighted by Gasteiger charge is 2.25. The Morgan fingerprint density at radius 1 is 0.938 bits per heavy atom. The van der Waals surface area contributed by atoms with E-state index in [9.17, 15) is 13.2 Å². The molecule has 172 valence electrons. The van der Waals surface area contributed by atoms with Crippen molar-refractivity contribution in [1.29, 1.82) is 0 Å². The first kappa shape index (κ1) is 22.8. The Hall–Kier alpha value is -2.42. The van der Waals surface area contributed by atoms with Gasteiger partial charge in [-0.2, -0.15) is 0 Å². The molecule has 0 radical (unpaired) electrons. The van der Waals surface area contributed by atoms with Crippen LogP contribution in [0.15, 0.2) is 47.4 Å². The molecule has 0 spiro atoms. The Morgan fingerprint density at radius 3 is 2.22 bits per heavy atom. The molecule has 32 heavy (non-hydrogen) atoms. The lowest BCUT2D eigenvalue weighted by molar-refractivity contribution is 0.0789. The second-order valence-corrected chi connectivity index (χ2v) is 10.3. The largest absolute Gasteiger partial charge is 0.496 e. The van der Waals surface area contributed by atoms with Crippen LogP contribution < -0.4 is 9.46 Å². The topological polar surface area (TPSA) is 79.0 Å². The zero-order chi connectivity index (χ0) is 22.6. The molecule has 0 saturated carbocycles. The first-order valence-corrected chi connectivity index (χ1v) is 12.7. The number of rotatable bonds is 8. The second-order valence-electron chi connectivity index (χ2n) is 8.49. The van der Waals surface area contributed by atoms with Crippen LogP contribution in [0.3, 0.4) is 0 Å². The van der Waals surface area contributed by atoms with Gasteiger partial charge in [-0.25, -0.2) is 13.1 Å². The normalized spacial score (nSPS) is 17.1. The van der Waals surface area contributed by atoms with E-state index >= 15 is 0 Å². The van der Waals surface area contributed by atoms with Crippen molar-refractivity contribution < 1.29 is 17.9 Å². The number of amides is 1. The van der Waals surface area contributed by atoms with E-state index < -0.39 is 10.0 Å². The maximum Gasteiger partial charge on any atom is 0.257 e. The van der Waals surface area contributed by atoms with Gasteiger partial charge in [-0.1, -0.05) is 24.3 Å². The number of ether oxygens (including phenoxy) is 1. The van der Waals surface area contributed by atoms with E-state index in [-0.39, 0.29) is 22.9 Å². The van der Waals surface area contributed by atoms with Gasteiger partial charge in [0.15, 0.2) is 0 Å². The number of nitrogens with one attached hydrogen (secondary N) is 1. The van der Waals surface area contributed by atoms with Gasteiger partial charge in [-0.15, -0.1) is 0 Å². The summed E-state index contributed by atoms with van der Waals surface area (Å²) in [5.41, 5.74) is 2.41. The standard InChI is InChI=1S/C24H31N3O4S/c1-31-23-11-10-21(16-22(23)24(28)27-14-4-5-15-27)32(29,30)25-17-19-6-8-20(9-7-19)18-26-12-2-3-13-26/h6-11,16,25H,2-5,12-15,17-18H2,1H3. The molecule has 8 heteroatoms. The predicted molar refractivity (Wildman–Crippen MR) is 123 cm³/mol. The number of methoxy groups -OCH3 is 1. The molecule has 7 nitrogen and oxygen atoms in total. The molecule has 0 aliphatic carbocycles. The van der Waals surface area contributed by atoms with Gasteiger partial charge in [0, 0.05) is 26.2 Å². The summed E-state index contributed by atoms with van der Waals surface area (Å²) in [5.74, 6) is 0.194. The average Bonchev–Trinajstić information content (AvgIpc) is 3.52. The van der Waals surface area contributed by atoms with Crippen molar-refractivity contribution in [3.63, 3.8) is 0 Å². The summed E-state index contributed by atoms with van der Waals surface area (Å²) in [4.78, 5) is 17.1. The molecule has 1 N–H and O–H groups in total. The van der Waals surface area contributed by atoms with Crippen LogP contribution >= 0.6 is 0 Å². The quantitative estimate of drug-likeness (QED) is 0.659. The SMILES string of the molecule is COc1ccc(S(=O)(=O)NCc2ccc(CN3CCCC3)cc2)cc1C(=O)N1CCCC1. The van der Waals surface area contributed by atoms with Crippen molar-refractivity contribution >= 4 is 15.9 Å². The van der Waals surface area contributed by atoms with Crippen molar-refractivity contribution in [2.24, 2.45) is 0 Å². The molecule has 2 aliphatic rings. The number of nitrogens with zero attached hydrogens (tertiary/aromatic N) is 2. The number of hydrogen-bond acceptors (Lipinski definition) is 5. The van der Waals surface area contributed by atoms with Crippen molar-refractivity contribution in [1.82, 2.24) is 14.5 Å². The van der Waals surface area contributed by atoms with Gasteiger partial charge in [0.2, 0.25) is 10.0 Å². The smallest absolute Gasteiger partial charge is 0.257 e. The number of sulfonamides is 1. The molecule has 2 aromatic carbocycles. The highest BCUT2D eigenvalue weighted by Crippen LogP contribution is 2.25. The molecule has 0 atom stereocenters. The third-order valence-corrected chi connectivity index (χ3v) is 7.60. The zero-order valence-corrected chi connectivity index (χ0v) is 19.4. The van der Waals surface area contributed by atoms with E-state index in [1.54, 1.807) is 11.0 Å². The molecule has 2 saturated heterocycles. The van der Waals surface area contributed by atoms with Gasteiger partial charge in [0.1, 0.15) is 5.75 Å². The van der Waals surface area contributed by atoms with Crippen LogP contribution in [-0.4, -0.2) is 57.4 Å². The van der Waals surface area contributed by atoms with Crippen LogP contribution in [0.5, 0.6) is 5.75 Å². The Bertz CT molecular complexity index is 1040. The summed E-state index contributed by atoms with van der Waals surface area (Å²) in [7, 11) is -2.29. The third kappa shape index (κ3) is 5.31. The minimum atomic E-state index is -3.78. The predicted octanol–water partition coefficient (Wildman–Crippen LogP) is 3.01. The minimum Gasteiger partial charge on any atom is -0.496 e. The second kappa shape index (κ2) is 10.0. The molecule has 4 rings (SSSR count). The molecule has 2 aliphatic heterocycles. The average molecular weight is 458 g/mol. The number of hydrogen-bond donors (Lipinski definition) is 1. The number of carbonyl (C=O) groups excluding carboxylic acids is 1. The first-order chi connectivity index (χ1) is 15.5. The van der Waals surface area contributed by atoms with Crippen LogP contribution in [0, 0.1) is 0 Å².